The van der Waals surface area contributed by atoms with Gasteiger partial charge in [-0.3, -0.25) is 0 Å². The van der Waals surface area contributed by atoms with Gasteiger partial charge in [-0.25, -0.2) is 0 Å². The molecule has 6 heteroatoms. The molecule has 0 bridgehead atoms. The molecule has 6 nitrogen and oxygen atoms in total. The molecule has 0 spiro atoms. The van der Waals surface area contributed by atoms with E-state index in [9.17, 15) is 10.2 Å². The summed E-state index contributed by atoms with van der Waals surface area (Å²) < 4.78 is 26.1. The third kappa shape index (κ3) is 7.16. The van der Waals surface area contributed by atoms with Crippen LogP contribution in [0.2, 0.25) is 0 Å². The van der Waals surface area contributed by atoms with Crippen LogP contribution in [0.5, 0.6) is 23.0 Å². The summed E-state index contributed by atoms with van der Waals surface area (Å²) in [6.45, 7) is 0.772. The third-order valence-electron chi connectivity index (χ3n) is 10.6. The van der Waals surface area contributed by atoms with Crippen molar-refractivity contribution in [2.75, 3.05) is 26.4 Å². The van der Waals surface area contributed by atoms with E-state index in [2.05, 4.69) is 84.9 Å². The van der Waals surface area contributed by atoms with E-state index in [0.29, 0.717) is 24.7 Å². The smallest absolute Gasteiger partial charge is 0.128 e. The van der Waals surface area contributed by atoms with Crippen LogP contribution in [0.15, 0.2) is 170 Å². The van der Waals surface area contributed by atoms with Gasteiger partial charge in [0, 0.05) is 22.3 Å². The van der Waals surface area contributed by atoms with Gasteiger partial charge in [-0.05, 0) is 78.5 Å². The second-order valence-electron chi connectivity index (χ2n) is 14.1. The molecular formula is C52H42O6. The molecule has 0 saturated heterocycles. The van der Waals surface area contributed by atoms with Crippen molar-refractivity contribution in [3.05, 3.63) is 181 Å². The average Bonchev–Trinajstić information content (AvgIpc) is 3.28. The molecule has 9 aromatic carbocycles. The van der Waals surface area contributed by atoms with Crippen LogP contribution in [0.1, 0.15) is 11.1 Å². The Morgan fingerprint density at radius 1 is 0.293 bits per heavy atom. The Labute approximate surface area is 337 Å². The van der Waals surface area contributed by atoms with Crippen molar-refractivity contribution in [1.29, 1.82) is 0 Å². The summed E-state index contributed by atoms with van der Waals surface area (Å²) in [5.74, 6) is 2.82. The quantitative estimate of drug-likeness (QED) is 0.115. The first-order valence-electron chi connectivity index (χ1n) is 19.6. The molecule has 58 heavy (non-hydrogen) atoms. The molecule has 0 saturated carbocycles. The summed E-state index contributed by atoms with van der Waals surface area (Å²) in [5.41, 5.74) is 5.72. The van der Waals surface area contributed by atoms with Crippen molar-refractivity contribution < 1.29 is 29.2 Å². The Hall–Kier alpha value is -6.86. The summed E-state index contributed by atoms with van der Waals surface area (Å²) >= 11 is 0. The summed E-state index contributed by atoms with van der Waals surface area (Å²) in [5, 5.41) is 27.9. The maximum atomic E-state index is 9.71. The predicted molar refractivity (Wildman–Crippen MR) is 234 cm³/mol. The minimum Gasteiger partial charge on any atom is -0.491 e. The third-order valence-corrected chi connectivity index (χ3v) is 10.6. The zero-order valence-electron chi connectivity index (χ0n) is 31.9. The van der Waals surface area contributed by atoms with Crippen LogP contribution < -0.4 is 18.9 Å². The van der Waals surface area contributed by atoms with Gasteiger partial charge in [-0.1, -0.05) is 146 Å². The zero-order chi connectivity index (χ0) is 39.3. The molecule has 0 aliphatic rings. The fraction of sp³-hybridized carbons (Fsp3) is 0.115. The van der Waals surface area contributed by atoms with Crippen molar-refractivity contribution in [2.45, 2.75) is 13.2 Å². The molecular weight excluding hydrogens is 721 g/mol. The lowest BCUT2D eigenvalue weighted by atomic mass is 9.92. The molecule has 0 unspecified atom stereocenters. The van der Waals surface area contributed by atoms with E-state index < -0.39 is 0 Å². The van der Waals surface area contributed by atoms with E-state index in [1.165, 1.54) is 0 Å². The fourth-order valence-corrected chi connectivity index (χ4v) is 7.98. The van der Waals surface area contributed by atoms with Crippen LogP contribution in [0.4, 0.5) is 0 Å². The Morgan fingerprint density at radius 3 is 0.879 bits per heavy atom. The van der Waals surface area contributed by atoms with E-state index in [1.807, 2.05) is 84.9 Å². The maximum Gasteiger partial charge on any atom is 0.128 e. The zero-order valence-corrected chi connectivity index (χ0v) is 31.9. The van der Waals surface area contributed by atoms with Crippen molar-refractivity contribution in [2.24, 2.45) is 0 Å². The minimum absolute atomic E-state index is 0.0920. The summed E-state index contributed by atoms with van der Waals surface area (Å²) in [6, 6.07) is 57.7. The number of aliphatic hydroxyl groups is 2. The van der Waals surface area contributed by atoms with Crippen LogP contribution in [-0.2, 0) is 13.2 Å². The van der Waals surface area contributed by atoms with Crippen LogP contribution in [0, 0.1) is 0 Å². The fourth-order valence-electron chi connectivity index (χ4n) is 7.98. The first-order valence-corrected chi connectivity index (χ1v) is 19.6. The van der Waals surface area contributed by atoms with E-state index in [0.717, 1.165) is 88.0 Å². The van der Waals surface area contributed by atoms with Gasteiger partial charge in [0.2, 0.25) is 0 Å². The monoisotopic (exact) mass is 762 g/mol. The van der Waals surface area contributed by atoms with Crippen molar-refractivity contribution in [3.8, 4) is 45.3 Å². The number of aliphatic hydroxyl groups excluding tert-OH is 2. The van der Waals surface area contributed by atoms with E-state index in [-0.39, 0.29) is 26.4 Å². The molecule has 2 N–H and O–H groups in total. The Balaban J connectivity index is 1.09. The molecule has 286 valence electrons. The van der Waals surface area contributed by atoms with Gasteiger partial charge in [-0.2, -0.15) is 0 Å². The minimum atomic E-state index is -0.0920. The molecule has 0 amide bonds. The number of ether oxygens (including phenoxy) is 4. The molecule has 0 aliphatic heterocycles. The Bertz CT molecular complexity index is 2700. The van der Waals surface area contributed by atoms with Crippen molar-refractivity contribution in [1.82, 2.24) is 0 Å². The number of hydrogen-bond donors (Lipinski definition) is 2. The SMILES string of the molecule is OCCOc1ccc2ccccc2c1-c1c(OCc2ccccc2COc2ccc3ccccc3c2-c2c(OCCO)ccc3ccccc23)ccc2ccccc12. The van der Waals surface area contributed by atoms with Gasteiger partial charge in [0.15, 0.2) is 0 Å². The first kappa shape index (κ1) is 36.8. The highest BCUT2D eigenvalue weighted by Gasteiger charge is 2.22. The largest absolute Gasteiger partial charge is 0.491 e. The number of benzene rings is 9. The molecule has 0 aromatic heterocycles. The summed E-state index contributed by atoms with van der Waals surface area (Å²) in [7, 11) is 0. The van der Waals surface area contributed by atoms with Crippen molar-refractivity contribution in [3.63, 3.8) is 0 Å². The second-order valence-corrected chi connectivity index (χ2v) is 14.1. The molecule has 0 atom stereocenters. The van der Waals surface area contributed by atoms with Crippen molar-refractivity contribution >= 4 is 43.1 Å². The lowest BCUT2D eigenvalue weighted by molar-refractivity contribution is 0.202. The standard InChI is InChI=1S/C52H42O6/c53-29-31-55-45-25-21-35-11-3-7-17-41(35)49(45)51-43-19-9-5-13-37(43)23-27-47(51)57-33-39-15-1-2-16-40(39)34-58-48-28-24-38-14-6-10-20-44(38)52(48)50-42-18-8-4-12-36(42)22-26-46(50)56-32-30-54/h1-28,53-54H,29-34H2. The van der Waals surface area contributed by atoms with Gasteiger partial charge in [0.25, 0.3) is 0 Å². The van der Waals surface area contributed by atoms with Crippen LogP contribution in [0.3, 0.4) is 0 Å². The number of fused-ring (bicyclic) bond motifs is 4. The topological polar surface area (TPSA) is 77.4 Å². The second kappa shape index (κ2) is 16.7. The predicted octanol–water partition coefficient (Wildman–Crippen LogP) is 11.5. The van der Waals surface area contributed by atoms with Gasteiger partial charge < -0.3 is 29.2 Å². The Morgan fingerprint density at radius 2 is 0.569 bits per heavy atom. The summed E-state index contributed by atoms with van der Waals surface area (Å²) in [6.07, 6.45) is 0. The Kier molecular flexibility index (Phi) is 10.6. The summed E-state index contributed by atoms with van der Waals surface area (Å²) in [4.78, 5) is 0. The number of hydrogen-bond acceptors (Lipinski definition) is 6. The molecule has 9 rings (SSSR count). The molecule has 0 heterocycles. The van der Waals surface area contributed by atoms with Crippen LogP contribution >= 0.6 is 0 Å². The number of rotatable bonds is 14. The van der Waals surface area contributed by atoms with Crippen LogP contribution in [-0.4, -0.2) is 36.6 Å². The lowest BCUT2D eigenvalue weighted by Crippen LogP contribution is -2.06. The van der Waals surface area contributed by atoms with E-state index in [4.69, 9.17) is 18.9 Å². The highest BCUT2D eigenvalue weighted by molar-refractivity contribution is 6.11. The van der Waals surface area contributed by atoms with Crippen LogP contribution in [0.25, 0.3) is 65.3 Å². The van der Waals surface area contributed by atoms with Gasteiger partial charge in [0.05, 0.1) is 13.2 Å². The molecule has 0 radical (unpaired) electrons. The molecule has 0 fully saturated rings. The first-order chi connectivity index (χ1) is 28.7. The lowest BCUT2D eigenvalue weighted by Gasteiger charge is -2.21. The van der Waals surface area contributed by atoms with Gasteiger partial charge in [0.1, 0.15) is 49.4 Å². The van der Waals surface area contributed by atoms with E-state index >= 15 is 0 Å². The maximum absolute atomic E-state index is 9.71. The van der Waals surface area contributed by atoms with Gasteiger partial charge >= 0.3 is 0 Å². The highest BCUT2D eigenvalue weighted by Crippen LogP contribution is 2.47. The molecule has 9 aromatic rings. The normalized spacial score (nSPS) is 11.3. The van der Waals surface area contributed by atoms with Gasteiger partial charge in [-0.15, -0.1) is 0 Å². The highest BCUT2D eigenvalue weighted by atomic mass is 16.5. The average molecular weight is 763 g/mol. The van der Waals surface area contributed by atoms with E-state index in [1.54, 1.807) is 0 Å². The molecule has 0 aliphatic carbocycles.